The summed E-state index contributed by atoms with van der Waals surface area (Å²) in [5.41, 5.74) is 5.93. The van der Waals surface area contributed by atoms with Gasteiger partial charge in [-0.3, -0.25) is 0 Å². The summed E-state index contributed by atoms with van der Waals surface area (Å²) in [7, 11) is -1.72. The van der Waals surface area contributed by atoms with Gasteiger partial charge in [0.15, 0.2) is 8.32 Å². The number of hydrogen-bond acceptors (Lipinski definition) is 5. The van der Waals surface area contributed by atoms with Crippen LogP contribution in [0.1, 0.15) is 57.7 Å². The van der Waals surface area contributed by atoms with Crippen LogP contribution in [0, 0.1) is 18.3 Å². The topological polar surface area (TPSA) is 49.2 Å². The van der Waals surface area contributed by atoms with Gasteiger partial charge in [0, 0.05) is 19.2 Å². The molecule has 0 spiro atoms. The molecule has 0 N–H and O–H groups in total. The van der Waals surface area contributed by atoms with E-state index in [0.29, 0.717) is 6.04 Å². The number of nitriles is 1. The Labute approximate surface area is 187 Å². The molecule has 0 unspecified atom stereocenters. The minimum atomic E-state index is -1.72. The highest BCUT2D eigenvalue weighted by molar-refractivity contribution is 7.13. The van der Waals surface area contributed by atoms with Gasteiger partial charge in [0.2, 0.25) is 0 Å². The molecule has 0 saturated heterocycles. The second-order valence-electron chi connectivity index (χ2n) is 9.85. The summed E-state index contributed by atoms with van der Waals surface area (Å²) in [5, 5.41) is 10.0. The first-order valence-electron chi connectivity index (χ1n) is 11.0. The first-order chi connectivity index (χ1) is 14.1. The van der Waals surface area contributed by atoms with E-state index >= 15 is 0 Å². The number of aryl methyl sites for hydroxylation is 1. The quantitative estimate of drug-likeness (QED) is 0.335. The van der Waals surface area contributed by atoms with Gasteiger partial charge in [0.25, 0.3) is 0 Å². The van der Waals surface area contributed by atoms with Gasteiger partial charge in [-0.2, -0.15) is 5.26 Å². The van der Waals surface area contributed by atoms with Gasteiger partial charge in [-0.1, -0.05) is 26.8 Å². The lowest BCUT2D eigenvalue weighted by molar-refractivity contribution is 0.278. The lowest BCUT2D eigenvalue weighted by Gasteiger charge is -2.40. The van der Waals surface area contributed by atoms with Crippen molar-refractivity contribution in [3.05, 3.63) is 35.0 Å². The largest absolute Gasteiger partial charge is 0.417 e. The van der Waals surface area contributed by atoms with Crippen molar-refractivity contribution >= 4 is 25.3 Å². The van der Waals surface area contributed by atoms with Crippen LogP contribution in [0.15, 0.2) is 23.7 Å². The van der Waals surface area contributed by atoms with E-state index in [1.165, 1.54) is 24.1 Å². The summed E-state index contributed by atoms with van der Waals surface area (Å²) in [4.78, 5) is 8.06. The summed E-state index contributed by atoms with van der Waals surface area (Å²) in [5.74, 6) is 0. The Bertz CT molecular complexity index is 906. The SMILES string of the molecule is Cc1ncsc1-c1ccc(C#N)c(N(CCCO[Si](C)(C)C(C)(C)C)C2CCC2)c1. The molecule has 1 aromatic carbocycles. The zero-order valence-electron chi connectivity index (χ0n) is 19.3. The van der Waals surface area contributed by atoms with E-state index in [9.17, 15) is 5.26 Å². The number of anilines is 1. The van der Waals surface area contributed by atoms with Crippen LogP contribution in [0.5, 0.6) is 0 Å². The molecule has 0 radical (unpaired) electrons. The van der Waals surface area contributed by atoms with Crippen LogP contribution in [0.4, 0.5) is 5.69 Å². The smallest absolute Gasteiger partial charge is 0.191 e. The van der Waals surface area contributed by atoms with Gasteiger partial charge in [0.1, 0.15) is 6.07 Å². The van der Waals surface area contributed by atoms with Crippen LogP contribution >= 0.6 is 11.3 Å². The van der Waals surface area contributed by atoms with Crippen molar-refractivity contribution in [2.45, 2.75) is 77.6 Å². The summed E-state index contributed by atoms with van der Waals surface area (Å²) in [6, 6.07) is 9.18. The van der Waals surface area contributed by atoms with E-state index in [-0.39, 0.29) is 5.04 Å². The van der Waals surface area contributed by atoms with Crippen molar-refractivity contribution in [3.8, 4) is 16.5 Å². The van der Waals surface area contributed by atoms with Gasteiger partial charge in [-0.05, 0) is 68.4 Å². The molecular formula is C24H35N3OSSi. The fraction of sp³-hybridized carbons (Fsp3) is 0.583. The molecule has 0 bridgehead atoms. The van der Waals surface area contributed by atoms with Crippen LogP contribution < -0.4 is 4.90 Å². The molecule has 162 valence electrons. The van der Waals surface area contributed by atoms with Crippen molar-refractivity contribution < 1.29 is 4.43 Å². The van der Waals surface area contributed by atoms with Crippen molar-refractivity contribution in [2.75, 3.05) is 18.1 Å². The molecule has 0 atom stereocenters. The maximum Gasteiger partial charge on any atom is 0.191 e. The summed E-state index contributed by atoms with van der Waals surface area (Å²) >= 11 is 1.66. The lowest BCUT2D eigenvalue weighted by Crippen LogP contribution is -2.43. The Morgan fingerprint density at radius 1 is 1.30 bits per heavy atom. The Hall–Kier alpha value is -1.68. The third-order valence-electron chi connectivity index (χ3n) is 6.76. The second kappa shape index (κ2) is 9.21. The van der Waals surface area contributed by atoms with Crippen LogP contribution in [0.2, 0.25) is 18.1 Å². The number of aromatic nitrogens is 1. The molecular weight excluding hydrogens is 406 g/mol. The van der Waals surface area contributed by atoms with E-state index < -0.39 is 8.32 Å². The zero-order valence-corrected chi connectivity index (χ0v) is 21.1. The molecule has 30 heavy (non-hydrogen) atoms. The zero-order chi connectivity index (χ0) is 21.9. The third-order valence-corrected chi connectivity index (χ3v) is 12.3. The molecule has 1 aliphatic rings. The predicted molar refractivity (Wildman–Crippen MR) is 130 cm³/mol. The molecule has 4 nitrogen and oxygen atoms in total. The van der Waals surface area contributed by atoms with E-state index in [0.717, 1.165) is 42.1 Å². The Morgan fingerprint density at radius 2 is 2.03 bits per heavy atom. The Morgan fingerprint density at radius 3 is 2.57 bits per heavy atom. The molecule has 6 heteroatoms. The van der Waals surface area contributed by atoms with Crippen LogP contribution in [-0.4, -0.2) is 32.5 Å². The van der Waals surface area contributed by atoms with Crippen molar-refractivity contribution in [1.82, 2.24) is 4.98 Å². The summed E-state index contributed by atoms with van der Waals surface area (Å²) < 4.78 is 6.41. The maximum atomic E-state index is 9.78. The van der Waals surface area contributed by atoms with Crippen LogP contribution in [-0.2, 0) is 4.43 Å². The summed E-state index contributed by atoms with van der Waals surface area (Å²) in [6.45, 7) is 15.2. The van der Waals surface area contributed by atoms with E-state index in [1.807, 2.05) is 18.5 Å². The minimum Gasteiger partial charge on any atom is -0.417 e. The molecule has 2 aromatic rings. The van der Waals surface area contributed by atoms with Crippen LogP contribution in [0.3, 0.4) is 0 Å². The van der Waals surface area contributed by atoms with Gasteiger partial charge in [-0.25, -0.2) is 4.98 Å². The average Bonchev–Trinajstić information content (AvgIpc) is 3.07. The number of nitrogens with zero attached hydrogens (tertiary/aromatic N) is 3. The fourth-order valence-electron chi connectivity index (χ4n) is 3.56. The minimum absolute atomic E-state index is 0.232. The van der Waals surface area contributed by atoms with Crippen molar-refractivity contribution in [1.29, 1.82) is 5.26 Å². The Balaban J connectivity index is 1.79. The normalized spacial score (nSPS) is 15.0. The van der Waals surface area contributed by atoms with Gasteiger partial charge in [-0.15, -0.1) is 11.3 Å². The Kier molecular flexibility index (Phi) is 7.06. The molecule has 1 aliphatic carbocycles. The fourth-order valence-corrected chi connectivity index (χ4v) is 5.45. The number of hydrogen-bond donors (Lipinski definition) is 0. The summed E-state index contributed by atoms with van der Waals surface area (Å²) in [6.07, 6.45) is 4.67. The highest BCUT2D eigenvalue weighted by Gasteiger charge is 2.37. The van der Waals surface area contributed by atoms with Gasteiger partial charge in [0.05, 0.1) is 27.3 Å². The first kappa shape index (κ1) is 23.0. The standard InChI is InChI=1S/C24H35N3OSSi/c1-18-23(29-17-26-18)19-11-12-20(16-25)22(15-19)27(21-9-7-10-21)13-8-14-28-30(5,6)24(2,3)4/h11-12,15,17,21H,7-10,13-14H2,1-6H3. The van der Waals surface area contributed by atoms with Crippen molar-refractivity contribution in [3.63, 3.8) is 0 Å². The van der Waals surface area contributed by atoms with Crippen molar-refractivity contribution in [2.24, 2.45) is 0 Å². The molecule has 3 rings (SSSR count). The molecule has 1 fully saturated rings. The van der Waals surface area contributed by atoms with E-state index in [1.54, 1.807) is 11.3 Å². The number of benzene rings is 1. The monoisotopic (exact) mass is 441 g/mol. The first-order valence-corrected chi connectivity index (χ1v) is 14.8. The van der Waals surface area contributed by atoms with Crippen LogP contribution in [0.25, 0.3) is 10.4 Å². The average molecular weight is 442 g/mol. The third kappa shape index (κ3) is 4.96. The molecule has 1 heterocycles. The highest BCUT2D eigenvalue weighted by Crippen LogP contribution is 2.38. The molecule has 1 aromatic heterocycles. The number of rotatable bonds is 8. The molecule has 0 aliphatic heterocycles. The maximum absolute atomic E-state index is 9.78. The number of thiazole rings is 1. The lowest BCUT2D eigenvalue weighted by atomic mass is 9.90. The predicted octanol–water partition coefficient (Wildman–Crippen LogP) is 6.76. The van der Waals surface area contributed by atoms with E-state index in [2.05, 4.69) is 62.0 Å². The van der Waals surface area contributed by atoms with Gasteiger partial charge >= 0.3 is 0 Å². The highest BCUT2D eigenvalue weighted by atomic mass is 32.1. The van der Waals surface area contributed by atoms with Gasteiger partial charge < -0.3 is 9.33 Å². The van der Waals surface area contributed by atoms with E-state index in [4.69, 9.17) is 4.43 Å². The second-order valence-corrected chi connectivity index (χ2v) is 15.5. The molecule has 0 amide bonds. The molecule has 1 saturated carbocycles.